The van der Waals surface area contributed by atoms with E-state index in [1.165, 1.54) is 11.3 Å². The molecule has 1 fully saturated rings. The van der Waals surface area contributed by atoms with Gasteiger partial charge in [-0.2, -0.15) is 0 Å². The highest BCUT2D eigenvalue weighted by Crippen LogP contribution is 2.18. The molecular weight excluding hydrogens is 188 g/mol. The van der Waals surface area contributed by atoms with E-state index in [2.05, 4.69) is 41.4 Å². The van der Waals surface area contributed by atoms with Gasteiger partial charge in [0.2, 0.25) is 0 Å². The lowest BCUT2D eigenvalue weighted by molar-refractivity contribution is 0.246. The Hall–Kier alpha value is -1.06. The molecule has 0 unspecified atom stereocenters. The summed E-state index contributed by atoms with van der Waals surface area (Å²) >= 11 is 0. The molecule has 15 heavy (non-hydrogen) atoms. The zero-order valence-corrected chi connectivity index (χ0v) is 9.11. The van der Waals surface area contributed by atoms with Crippen LogP contribution in [0, 0.1) is 6.92 Å². The van der Waals surface area contributed by atoms with Crippen molar-refractivity contribution in [3.8, 4) is 0 Å². The normalized spacial score (nSPS) is 21.7. The molecule has 0 spiro atoms. The van der Waals surface area contributed by atoms with Crippen molar-refractivity contribution in [2.75, 3.05) is 31.1 Å². The minimum atomic E-state index is 0.209. The Morgan fingerprint density at radius 2 is 2.13 bits per heavy atom. The molecule has 0 radical (unpaired) electrons. The largest absolute Gasteiger partial charge is 0.394 e. The molecule has 1 aliphatic rings. The first-order valence-electron chi connectivity index (χ1n) is 5.46. The average Bonchev–Trinajstić information content (AvgIpc) is 2.30. The van der Waals surface area contributed by atoms with E-state index >= 15 is 0 Å². The van der Waals surface area contributed by atoms with Gasteiger partial charge in [0.25, 0.3) is 0 Å². The molecule has 1 saturated heterocycles. The van der Waals surface area contributed by atoms with Gasteiger partial charge in [-0.05, 0) is 19.1 Å². The Kier molecular flexibility index (Phi) is 3.23. The van der Waals surface area contributed by atoms with Gasteiger partial charge in [-0.3, -0.25) is 0 Å². The summed E-state index contributed by atoms with van der Waals surface area (Å²) < 4.78 is 0. The Labute approximate surface area is 90.7 Å². The standard InChI is InChI=1S/C12H18N2O/c1-10-2-4-11(5-3-10)14-7-6-13-8-12(14)9-15/h2-5,12-13,15H,6-9H2,1H3/t12-/m0/s1. The summed E-state index contributed by atoms with van der Waals surface area (Å²) in [6.07, 6.45) is 0. The van der Waals surface area contributed by atoms with Gasteiger partial charge in [0.15, 0.2) is 0 Å². The zero-order chi connectivity index (χ0) is 10.7. The van der Waals surface area contributed by atoms with E-state index in [-0.39, 0.29) is 12.6 Å². The summed E-state index contributed by atoms with van der Waals surface area (Å²) in [6, 6.07) is 8.70. The maximum absolute atomic E-state index is 9.30. The first-order valence-corrected chi connectivity index (χ1v) is 5.46. The number of anilines is 1. The van der Waals surface area contributed by atoms with Gasteiger partial charge in [0.1, 0.15) is 0 Å². The van der Waals surface area contributed by atoms with Crippen molar-refractivity contribution in [3.05, 3.63) is 29.8 Å². The summed E-state index contributed by atoms with van der Waals surface area (Å²) in [6.45, 7) is 5.12. The molecule has 1 heterocycles. The second-order valence-electron chi connectivity index (χ2n) is 4.07. The number of aliphatic hydroxyl groups excluding tert-OH is 1. The van der Waals surface area contributed by atoms with Crippen molar-refractivity contribution >= 4 is 5.69 Å². The summed E-state index contributed by atoms with van der Waals surface area (Å²) in [5.74, 6) is 0. The monoisotopic (exact) mass is 206 g/mol. The van der Waals surface area contributed by atoms with Crippen molar-refractivity contribution in [1.82, 2.24) is 5.32 Å². The number of hydrogen-bond donors (Lipinski definition) is 2. The predicted molar refractivity (Wildman–Crippen MR) is 62.3 cm³/mol. The summed E-state index contributed by atoms with van der Waals surface area (Å²) in [5, 5.41) is 12.6. The summed E-state index contributed by atoms with van der Waals surface area (Å²) in [4.78, 5) is 2.27. The van der Waals surface area contributed by atoms with Gasteiger partial charge in [-0.25, -0.2) is 0 Å². The van der Waals surface area contributed by atoms with Crippen molar-refractivity contribution in [3.63, 3.8) is 0 Å². The minimum absolute atomic E-state index is 0.209. The van der Waals surface area contributed by atoms with Crippen LogP contribution in [0.1, 0.15) is 5.56 Å². The predicted octanol–water partition coefficient (Wildman–Crippen LogP) is 0.766. The molecule has 2 N–H and O–H groups in total. The van der Waals surface area contributed by atoms with Crippen molar-refractivity contribution in [1.29, 1.82) is 0 Å². The third-order valence-electron chi connectivity index (χ3n) is 2.93. The fourth-order valence-electron chi connectivity index (χ4n) is 2.00. The van der Waals surface area contributed by atoms with Crippen LogP contribution in [0.5, 0.6) is 0 Å². The van der Waals surface area contributed by atoms with E-state index in [4.69, 9.17) is 0 Å². The molecule has 0 aliphatic carbocycles. The quantitative estimate of drug-likeness (QED) is 0.750. The van der Waals surface area contributed by atoms with Crippen molar-refractivity contribution in [2.45, 2.75) is 13.0 Å². The van der Waals surface area contributed by atoms with Crippen LogP contribution in [0.15, 0.2) is 24.3 Å². The van der Waals surface area contributed by atoms with Crippen LogP contribution in [-0.4, -0.2) is 37.4 Å². The average molecular weight is 206 g/mol. The molecule has 3 nitrogen and oxygen atoms in total. The second kappa shape index (κ2) is 4.64. The van der Waals surface area contributed by atoms with Crippen LogP contribution < -0.4 is 10.2 Å². The number of nitrogens with zero attached hydrogens (tertiary/aromatic N) is 1. The van der Waals surface area contributed by atoms with Gasteiger partial charge in [-0.15, -0.1) is 0 Å². The molecule has 3 heteroatoms. The van der Waals surface area contributed by atoms with E-state index in [9.17, 15) is 5.11 Å². The SMILES string of the molecule is Cc1ccc(N2CCNC[C@H]2CO)cc1. The van der Waals surface area contributed by atoms with Gasteiger partial charge in [-0.1, -0.05) is 17.7 Å². The van der Waals surface area contributed by atoms with Crippen LogP contribution in [0.4, 0.5) is 5.69 Å². The second-order valence-corrected chi connectivity index (χ2v) is 4.07. The van der Waals surface area contributed by atoms with Gasteiger partial charge >= 0.3 is 0 Å². The molecule has 0 saturated carbocycles. The highest BCUT2D eigenvalue weighted by molar-refractivity contribution is 5.49. The molecule has 0 amide bonds. The number of hydrogen-bond acceptors (Lipinski definition) is 3. The topological polar surface area (TPSA) is 35.5 Å². The molecule has 0 bridgehead atoms. The third kappa shape index (κ3) is 2.30. The number of aliphatic hydroxyl groups is 1. The van der Waals surface area contributed by atoms with E-state index < -0.39 is 0 Å². The van der Waals surface area contributed by atoms with Crippen LogP contribution in [0.2, 0.25) is 0 Å². The Morgan fingerprint density at radius 3 is 2.80 bits per heavy atom. The number of rotatable bonds is 2. The van der Waals surface area contributed by atoms with Crippen molar-refractivity contribution in [2.24, 2.45) is 0 Å². The lowest BCUT2D eigenvalue weighted by Crippen LogP contribution is -2.53. The maximum atomic E-state index is 9.30. The Morgan fingerprint density at radius 1 is 1.40 bits per heavy atom. The van der Waals surface area contributed by atoms with Gasteiger partial charge in [0, 0.05) is 25.3 Å². The number of aryl methyl sites for hydroxylation is 1. The molecule has 2 rings (SSSR count). The first-order chi connectivity index (χ1) is 7.31. The Bertz CT molecular complexity index is 310. The van der Waals surface area contributed by atoms with E-state index in [0.29, 0.717) is 0 Å². The molecule has 82 valence electrons. The lowest BCUT2D eigenvalue weighted by Gasteiger charge is -2.37. The van der Waals surface area contributed by atoms with Crippen LogP contribution >= 0.6 is 0 Å². The fourth-order valence-corrected chi connectivity index (χ4v) is 2.00. The van der Waals surface area contributed by atoms with E-state index in [1.807, 2.05) is 0 Å². The number of nitrogens with one attached hydrogen (secondary N) is 1. The molecule has 1 aromatic carbocycles. The summed E-state index contributed by atoms with van der Waals surface area (Å²) in [7, 11) is 0. The lowest BCUT2D eigenvalue weighted by atomic mass is 10.1. The minimum Gasteiger partial charge on any atom is -0.394 e. The number of benzene rings is 1. The van der Waals surface area contributed by atoms with Crippen LogP contribution in [-0.2, 0) is 0 Å². The molecular formula is C12H18N2O. The Balaban J connectivity index is 2.16. The van der Waals surface area contributed by atoms with Gasteiger partial charge in [0.05, 0.1) is 12.6 Å². The van der Waals surface area contributed by atoms with E-state index in [0.717, 1.165) is 19.6 Å². The smallest absolute Gasteiger partial charge is 0.0647 e. The first kappa shape index (κ1) is 10.5. The maximum Gasteiger partial charge on any atom is 0.0647 e. The third-order valence-corrected chi connectivity index (χ3v) is 2.93. The molecule has 0 aromatic heterocycles. The molecule has 1 aliphatic heterocycles. The highest BCUT2D eigenvalue weighted by Gasteiger charge is 2.21. The molecule has 1 aromatic rings. The van der Waals surface area contributed by atoms with Crippen LogP contribution in [0.25, 0.3) is 0 Å². The number of piperazine rings is 1. The molecule has 1 atom stereocenters. The summed E-state index contributed by atoms with van der Waals surface area (Å²) in [5.41, 5.74) is 2.48. The zero-order valence-electron chi connectivity index (χ0n) is 9.11. The van der Waals surface area contributed by atoms with Gasteiger partial charge < -0.3 is 15.3 Å². The highest BCUT2D eigenvalue weighted by atomic mass is 16.3. The van der Waals surface area contributed by atoms with Crippen molar-refractivity contribution < 1.29 is 5.11 Å². The van der Waals surface area contributed by atoms with E-state index in [1.54, 1.807) is 0 Å². The van der Waals surface area contributed by atoms with Crippen LogP contribution in [0.3, 0.4) is 0 Å². The fraction of sp³-hybridized carbons (Fsp3) is 0.500.